The Kier molecular flexibility index (Phi) is 7.17. The maximum absolute atomic E-state index is 12.1. The molecule has 1 atom stereocenters. The lowest BCUT2D eigenvalue weighted by atomic mass is 9.90. The number of carbonyl (C=O) groups is 3. The molecule has 7 heteroatoms. The SMILES string of the molecule is O=C1CCC(c2ccc(N3CCN(CCCNC(=O)c4ccccc4)CC3)cc2)C(=O)N1. The van der Waals surface area contributed by atoms with Gasteiger partial charge in [0.1, 0.15) is 0 Å². The number of amides is 3. The predicted octanol–water partition coefficient (Wildman–Crippen LogP) is 2.15. The average Bonchev–Trinajstić information content (AvgIpc) is 2.83. The van der Waals surface area contributed by atoms with E-state index in [1.165, 1.54) is 0 Å². The topological polar surface area (TPSA) is 81.8 Å². The van der Waals surface area contributed by atoms with Crippen LogP contribution in [0.1, 0.15) is 41.1 Å². The number of hydrogen-bond acceptors (Lipinski definition) is 5. The highest BCUT2D eigenvalue weighted by molar-refractivity contribution is 6.01. The molecule has 32 heavy (non-hydrogen) atoms. The molecule has 0 saturated carbocycles. The van der Waals surface area contributed by atoms with Crippen LogP contribution in [-0.4, -0.2) is 61.9 Å². The maximum Gasteiger partial charge on any atom is 0.251 e. The van der Waals surface area contributed by atoms with Crippen molar-refractivity contribution in [3.8, 4) is 0 Å². The van der Waals surface area contributed by atoms with Crippen molar-refractivity contribution in [3.05, 3.63) is 65.7 Å². The number of anilines is 1. The van der Waals surface area contributed by atoms with E-state index in [1.54, 1.807) is 0 Å². The summed E-state index contributed by atoms with van der Waals surface area (Å²) in [6, 6.07) is 17.5. The Hall–Kier alpha value is -3.19. The molecule has 2 aromatic rings. The Morgan fingerprint density at radius 3 is 2.38 bits per heavy atom. The molecule has 1 unspecified atom stereocenters. The molecule has 4 rings (SSSR count). The van der Waals surface area contributed by atoms with E-state index in [0.29, 0.717) is 24.9 Å². The van der Waals surface area contributed by atoms with E-state index in [-0.39, 0.29) is 23.6 Å². The first-order chi connectivity index (χ1) is 15.6. The van der Waals surface area contributed by atoms with E-state index in [2.05, 4.69) is 32.6 Å². The monoisotopic (exact) mass is 434 g/mol. The van der Waals surface area contributed by atoms with Crippen LogP contribution in [0.4, 0.5) is 5.69 Å². The van der Waals surface area contributed by atoms with Crippen LogP contribution in [0, 0.1) is 0 Å². The molecule has 2 fully saturated rings. The zero-order valence-corrected chi connectivity index (χ0v) is 18.3. The van der Waals surface area contributed by atoms with E-state index >= 15 is 0 Å². The molecule has 3 amide bonds. The van der Waals surface area contributed by atoms with Gasteiger partial charge in [0, 0.05) is 50.4 Å². The Bertz CT molecular complexity index is 937. The minimum atomic E-state index is -0.235. The summed E-state index contributed by atoms with van der Waals surface area (Å²) in [6.45, 7) is 5.53. The molecule has 2 heterocycles. The van der Waals surface area contributed by atoms with E-state index in [9.17, 15) is 14.4 Å². The second-order valence-electron chi connectivity index (χ2n) is 8.40. The first-order valence-corrected chi connectivity index (χ1v) is 11.3. The van der Waals surface area contributed by atoms with Gasteiger partial charge >= 0.3 is 0 Å². The molecule has 0 radical (unpaired) electrons. The van der Waals surface area contributed by atoms with Crippen molar-refractivity contribution in [1.82, 2.24) is 15.5 Å². The third-order valence-corrected chi connectivity index (χ3v) is 6.24. The normalized spacial score (nSPS) is 19.5. The van der Waals surface area contributed by atoms with Crippen molar-refractivity contribution in [1.29, 1.82) is 0 Å². The first kappa shape index (κ1) is 22.0. The summed E-state index contributed by atoms with van der Waals surface area (Å²) in [4.78, 5) is 40.3. The molecule has 2 N–H and O–H groups in total. The van der Waals surface area contributed by atoms with Crippen LogP contribution in [0.5, 0.6) is 0 Å². The molecule has 0 spiro atoms. The molecule has 2 saturated heterocycles. The van der Waals surface area contributed by atoms with Gasteiger partial charge in [-0.15, -0.1) is 0 Å². The van der Waals surface area contributed by atoms with Gasteiger partial charge in [-0.05, 0) is 49.2 Å². The second-order valence-corrected chi connectivity index (χ2v) is 8.40. The lowest BCUT2D eigenvalue weighted by Crippen LogP contribution is -2.47. The molecular weight excluding hydrogens is 404 g/mol. The summed E-state index contributed by atoms with van der Waals surface area (Å²) in [7, 11) is 0. The summed E-state index contributed by atoms with van der Waals surface area (Å²) in [5.41, 5.74) is 2.83. The smallest absolute Gasteiger partial charge is 0.251 e. The average molecular weight is 435 g/mol. The number of piperidine rings is 1. The van der Waals surface area contributed by atoms with E-state index in [1.807, 2.05) is 42.5 Å². The van der Waals surface area contributed by atoms with Gasteiger partial charge in [-0.3, -0.25) is 24.6 Å². The van der Waals surface area contributed by atoms with Crippen molar-refractivity contribution >= 4 is 23.4 Å². The minimum Gasteiger partial charge on any atom is -0.369 e. The van der Waals surface area contributed by atoms with Crippen LogP contribution in [0.15, 0.2) is 54.6 Å². The second kappa shape index (κ2) is 10.4. The fraction of sp³-hybridized carbons (Fsp3) is 0.400. The van der Waals surface area contributed by atoms with Crippen molar-refractivity contribution in [2.75, 3.05) is 44.2 Å². The maximum atomic E-state index is 12.1. The zero-order chi connectivity index (χ0) is 22.3. The van der Waals surface area contributed by atoms with Crippen molar-refractivity contribution < 1.29 is 14.4 Å². The summed E-state index contributed by atoms with van der Waals surface area (Å²) in [6.07, 6.45) is 1.91. The molecular formula is C25H30N4O3. The Morgan fingerprint density at radius 1 is 0.969 bits per heavy atom. The largest absolute Gasteiger partial charge is 0.369 e. The molecule has 0 aliphatic carbocycles. The Labute approximate surface area is 188 Å². The number of rotatable bonds is 7. The van der Waals surface area contributed by atoms with Gasteiger partial charge in [-0.25, -0.2) is 0 Å². The van der Waals surface area contributed by atoms with E-state index in [4.69, 9.17) is 0 Å². The summed E-state index contributed by atoms with van der Waals surface area (Å²) >= 11 is 0. The Morgan fingerprint density at radius 2 is 1.69 bits per heavy atom. The van der Waals surface area contributed by atoms with Gasteiger partial charge < -0.3 is 10.2 Å². The summed E-state index contributed by atoms with van der Waals surface area (Å²) in [5, 5.41) is 5.42. The van der Waals surface area contributed by atoms with Gasteiger partial charge in [0.2, 0.25) is 11.8 Å². The highest BCUT2D eigenvalue weighted by Crippen LogP contribution is 2.27. The molecule has 2 aliphatic heterocycles. The lowest BCUT2D eigenvalue weighted by Gasteiger charge is -2.36. The predicted molar refractivity (Wildman–Crippen MR) is 124 cm³/mol. The Balaban J connectivity index is 1.18. The van der Waals surface area contributed by atoms with Gasteiger partial charge in [0.15, 0.2) is 0 Å². The standard InChI is InChI=1S/C25H30N4O3/c30-23-12-11-22(25(32)27-23)19-7-9-21(10-8-19)29-17-15-28(16-18-29)14-4-13-26-24(31)20-5-2-1-3-6-20/h1-3,5-10,22H,4,11-18H2,(H,26,31)(H,27,30,32). The van der Waals surface area contributed by atoms with Crippen LogP contribution >= 0.6 is 0 Å². The highest BCUT2D eigenvalue weighted by Gasteiger charge is 2.28. The number of nitrogens with one attached hydrogen (secondary N) is 2. The van der Waals surface area contributed by atoms with Gasteiger partial charge in [-0.2, -0.15) is 0 Å². The molecule has 7 nitrogen and oxygen atoms in total. The van der Waals surface area contributed by atoms with Crippen LogP contribution in [0.25, 0.3) is 0 Å². The van der Waals surface area contributed by atoms with Crippen molar-refractivity contribution in [2.45, 2.75) is 25.2 Å². The lowest BCUT2D eigenvalue weighted by molar-refractivity contribution is -0.134. The van der Waals surface area contributed by atoms with E-state index in [0.717, 1.165) is 50.4 Å². The third-order valence-electron chi connectivity index (χ3n) is 6.24. The zero-order valence-electron chi connectivity index (χ0n) is 18.3. The number of benzene rings is 2. The number of carbonyl (C=O) groups excluding carboxylic acids is 3. The number of nitrogens with zero attached hydrogens (tertiary/aromatic N) is 2. The van der Waals surface area contributed by atoms with Gasteiger partial charge in [0.25, 0.3) is 5.91 Å². The fourth-order valence-corrected chi connectivity index (χ4v) is 4.35. The van der Waals surface area contributed by atoms with Crippen LogP contribution < -0.4 is 15.5 Å². The molecule has 168 valence electrons. The van der Waals surface area contributed by atoms with E-state index < -0.39 is 0 Å². The van der Waals surface area contributed by atoms with Crippen molar-refractivity contribution in [3.63, 3.8) is 0 Å². The van der Waals surface area contributed by atoms with Crippen LogP contribution in [-0.2, 0) is 9.59 Å². The molecule has 0 bridgehead atoms. The number of piperazine rings is 1. The fourth-order valence-electron chi connectivity index (χ4n) is 4.35. The first-order valence-electron chi connectivity index (χ1n) is 11.3. The minimum absolute atomic E-state index is 0.0174. The molecule has 0 aromatic heterocycles. The quantitative estimate of drug-likeness (QED) is 0.516. The van der Waals surface area contributed by atoms with Gasteiger partial charge in [-0.1, -0.05) is 30.3 Å². The molecule has 2 aliphatic rings. The van der Waals surface area contributed by atoms with Crippen LogP contribution in [0.3, 0.4) is 0 Å². The number of hydrogen-bond donors (Lipinski definition) is 2. The summed E-state index contributed by atoms with van der Waals surface area (Å²) in [5.74, 6) is -0.626. The van der Waals surface area contributed by atoms with Crippen LogP contribution in [0.2, 0.25) is 0 Å². The third kappa shape index (κ3) is 5.53. The molecule has 2 aromatic carbocycles. The van der Waals surface area contributed by atoms with Crippen molar-refractivity contribution in [2.24, 2.45) is 0 Å². The number of imide groups is 1. The summed E-state index contributed by atoms with van der Waals surface area (Å²) < 4.78 is 0. The highest BCUT2D eigenvalue weighted by atomic mass is 16.2. The van der Waals surface area contributed by atoms with Gasteiger partial charge in [0.05, 0.1) is 5.92 Å².